The lowest BCUT2D eigenvalue weighted by atomic mass is 10.0. The Hall–Kier alpha value is -1.43. The molecule has 1 aromatic heterocycles. The lowest BCUT2D eigenvalue weighted by molar-refractivity contribution is -0.133. The summed E-state index contributed by atoms with van der Waals surface area (Å²) in [7, 11) is 0. The van der Waals surface area contributed by atoms with Crippen LogP contribution >= 0.6 is 11.8 Å². The van der Waals surface area contributed by atoms with E-state index < -0.39 is 0 Å². The van der Waals surface area contributed by atoms with Gasteiger partial charge in [0.05, 0.1) is 10.4 Å². The van der Waals surface area contributed by atoms with Crippen LogP contribution < -0.4 is 10.6 Å². The van der Waals surface area contributed by atoms with Crippen LogP contribution in [0.4, 0.5) is 11.5 Å². The summed E-state index contributed by atoms with van der Waals surface area (Å²) < 4.78 is -0.202. The predicted molar refractivity (Wildman–Crippen MR) is 87.5 cm³/mol. The number of hydrogen-bond acceptors (Lipinski definition) is 5. The number of amides is 1. The summed E-state index contributed by atoms with van der Waals surface area (Å²) in [5.74, 6) is 2.25. The van der Waals surface area contributed by atoms with Crippen LogP contribution in [0, 0.1) is 0 Å². The van der Waals surface area contributed by atoms with Gasteiger partial charge in [0.1, 0.15) is 0 Å². The SMILES string of the molecule is CC1(C(=O)N2CCN(c3ncccc3N)CC2)CCCS1. The van der Waals surface area contributed by atoms with Crippen molar-refractivity contribution < 1.29 is 4.79 Å². The van der Waals surface area contributed by atoms with Gasteiger partial charge in [0.25, 0.3) is 0 Å². The van der Waals surface area contributed by atoms with Crippen molar-refractivity contribution in [2.75, 3.05) is 42.6 Å². The van der Waals surface area contributed by atoms with Crippen LogP contribution in [-0.2, 0) is 4.79 Å². The molecule has 2 aliphatic rings. The highest BCUT2D eigenvalue weighted by Crippen LogP contribution is 2.39. The zero-order chi connectivity index (χ0) is 14.9. The second-order valence-corrected chi connectivity index (χ2v) is 7.48. The monoisotopic (exact) mass is 306 g/mol. The number of rotatable bonds is 2. The van der Waals surface area contributed by atoms with E-state index in [-0.39, 0.29) is 4.75 Å². The van der Waals surface area contributed by atoms with E-state index in [2.05, 4.69) is 16.8 Å². The van der Waals surface area contributed by atoms with Crippen LogP contribution in [0.5, 0.6) is 0 Å². The first-order valence-corrected chi connectivity index (χ1v) is 8.47. The van der Waals surface area contributed by atoms with E-state index in [1.165, 1.54) is 0 Å². The van der Waals surface area contributed by atoms with Gasteiger partial charge in [-0.1, -0.05) is 0 Å². The topological polar surface area (TPSA) is 62.5 Å². The average Bonchev–Trinajstić information content (AvgIpc) is 2.95. The van der Waals surface area contributed by atoms with E-state index in [9.17, 15) is 4.79 Å². The molecule has 3 heterocycles. The fraction of sp³-hybridized carbons (Fsp3) is 0.600. The van der Waals surface area contributed by atoms with Gasteiger partial charge in [-0.25, -0.2) is 4.98 Å². The summed E-state index contributed by atoms with van der Waals surface area (Å²) in [6.45, 7) is 5.20. The average molecular weight is 306 g/mol. The summed E-state index contributed by atoms with van der Waals surface area (Å²) in [5, 5.41) is 0. The molecule has 2 N–H and O–H groups in total. The molecule has 1 atom stereocenters. The second kappa shape index (κ2) is 5.75. The molecule has 0 bridgehead atoms. The second-order valence-electron chi connectivity index (χ2n) is 5.88. The highest BCUT2D eigenvalue weighted by molar-refractivity contribution is 8.01. The fourth-order valence-corrected chi connectivity index (χ4v) is 4.36. The van der Waals surface area contributed by atoms with Crippen LogP contribution in [0.2, 0.25) is 0 Å². The molecule has 3 rings (SSSR count). The van der Waals surface area contributed by atoms with Gasteiger partial charge in [0.2, 0.25) is 5.91 Å². The van der Waals surface area contributed by atoms with E-state index in [1.807, 2.05) is 28.8 Å². The first kappa shape index (κ1) is 14.5. The number of carbonyl (C=O) groups is 1. The first-order chi connectivity index (χ1) is 10.1. The summed E-state index contributed by atoms with van der Waals surface area (Å²) in [6.07, 6.45) is 3.92. The predicted octanol–water partition coefficient (Wildman–Crippen LogP) is 1.60. The van der Waals surface area contributed by atoms with Crippen LogP contribution in [0.25, 0.3) is 0 Å². The van der Waals surface area contributed by atoms with Gasteiger partial charge < -0.3 is 15.5 Å². The Morgan fingerprint density at radius 1 is 1.38 bits per heavy atom. The smallest absolute Gasteiger partial charge is 0.238 e. The number of anilines is 2. The number of nitrogens with two attached hydrogens (primary N) is 1. The molecule has 2 aliphatic heterocycles. The lowest BCUT2D eigenvalue weighted by Crippen LogP contribution is -2.53. The first-order valence-electron chi connectivity index (χ1n) is 7.49. The normalized spacial score (nSPS) is 26.1. The van der Waals surface area contributed by atoms with Gasteiger partial charge in [-0.05, 0) is 37.7 Å². The Morgan fingerprint density at radius 2 is 2.14 bits per heavy atom. The maximum Gasteiger partial charge on any atom is 0.238 e. The third kappa shape index (κ3) is 2.81. The fourth-order valence-electron chi connectivity index (χ4n) is 3.08. The molecule has 0 radical (unpaired) electrons. The molecule has 1 unspecified atom stereocenters. The molecule has 1 amide bonds. The molecule has 114 valence electrons. The Balaban J connectivity index is 1.63. The Kier molecular flexibility index (Phi) is 3.97. The van der Waals surface area contributed by atoms with E-state index >= 15 is 0 Å². The van der Waals surface area contributed by atoms with Crippen LogP contribution in [0.1, 0.15) is 19.8 Å². The third-order valence-corrected chi connectivity index (χ3v) is 5.86. The number of thioether (sulfide) groups is 1. The van der Waals surface area contributed by atoms with Gasteiger partial charge in [-0.15, -0.1) is 11.8 Å². The van der Waals surface area contributed by atoms with Crippen LogP contribution in [0.15, 0.2) is 18.3 Å². The van der Waals surface area contributed by atoms with Gasteiger partial charge in [0.15, 0.2) is 5.82 Å². The zero-order valence-electron chi connectivity index (χ0n) is 12.4. The lowest BCUT2D eigenvalue weighted by Gasteiger charge is -2.39. The maximum absolute atomic E-state index is 12.7. The molecular formula is C15H22N4OS. The summed E-state index contributed by atoms with van der Waals surface area (Å²) >= 11 is 1.81. The molecule has 5 nitrogen and oxygen atoms in total. The van der Waals surface area contributed by atoms with Crippen molar-refractivity contribution in [1.29, 1.82) is 0 Å². The van der Waals surface area contributed by atoms with Crippen molar-refractivity contribution >= 4 is 29.2 Å². The number of carbonyl (C=O) groups excluding carboxylic acids is 1. The van der Waals surface area contributed by atoms with E-state index in [1.54, 1.807) is 6.20 Å². The van der Waals surface area contributed by atoms with Crippen LogP contribution in [-0.4, -0.2) is 52.5 Å². The third-order valence-electron chi connectivity index (χ3n) is 4.35. The molecule has 0 spiro atoms. The molecule has 2 saturated heterocycles. The Labute approximate surface area is 129 Å². The molecule has 0 aliphatic carbocycles. The molecule has 1 aromatic rings. The van der Waals surface area contributed by atoms with Crippen molar-refractivity contribution in [2.45, 2.75) is 24.5 Å². The standard InChI is InChI=1S/C15H22N4OS/c1-15(5-3-11-21-15)14(20)19-9-7-18(8-10-19)13-12(16)4-2-6-17-13/h2,4,6H,3,5,7-11,16H2,1H3. The highest BCUT2D eigenvalue weighted by Gasteiger charge is 2.40. The highest BCUT2D eigenvalue weighted by atomic mass is 32.2. The minimum absolute atomic E-state index is 0.202. The van der Waals surface area contributed by atoms with E-state index in [0.717, 1.165) is 50.6 Å². The molecule has 2 fully saturated rings. The Bertz CT molecular complexity index is 522. The number of pyridine rings is 1. The number of nitrogens with zero attached hydrogens (tertiary/aromatic N) is 3. The number of nitrogen functional groups attached to an aromatic ring is 1. The summed E-state index contributed by atoms with van der Waals surface area (Å²) in [5.41, 5.74) is 6.68. The van der Waals surface area contributed by atoms with Crippen LogP contribution in [0.3, 0.4) is 0 Å². The maximum atomic E-state index is 12.7. The van der Waals surface area contributed by atoms with Crippen molar-refractivity contribution in [3.63, 3.8) is 0 Å². The molecule has 6 heteroatoms. The van der Waals surface area contributed by atoms with Gasteiger partial charge in [-0.3, -0.25) is 4.79 Å². The molecule has 0 saturated carbocycles. The Morgan fingerprint density at radius 3 is 2.76 bits per heavy atom. The number of hydrogen-bond donors (Lipinski definition) is 1. The zero-order valence-corrected chi connectivity index (χ0v) is 13.2. The van der Waals surface area contributed by atoms with Gasteiger partial charge in [0, 0.05) is 32.4 Å². The van der Waals surface area contributed by atoms with Crippen molar-refractivity contribution in [1.82, 2.24) is 9.88 Å². The minimum Gasteiger partial charge on any atom is -0.396 e. The van der Waals surface area contributed by atoms with Gasteiger partial charge in [-0.2, -0.15) is 0 Å². The molecular weight excluding hydrogens is 284 g/mol. The van der Waals surface area contributed by atoms with E-state index in [4.69, 9.17) is 5.73 Å². The molecule has 21 heavy (non-hydrogen) atoms. The van der Waals surface area contributed by atoms with E-state index in [0.29, 0.717) is 11.6 Å². The molecule has 0 aromatic carbocycles. The number of aromatic nitrogens is 1. The minimum atomic E-state index is -0.202. The summed E-state index contributed by atoms with van der Waals surface area (Å²) in [6, 6.07) is 3.72. The van der Waals surface area contributed by atoms with Crippen molar-refractivity contribution in [3.8, 4) is 0 Å². The van der Waals surface area contributed by atoms with Crippen molar-refractivity contribution in [2.24, 2.45) is 0 Å². The van der Waals surface area contributed by atoms with Crippen molar-refractivity contribution in [3.05, 3.63) is 18.3 Å². The summed E-state index contributed by atoms with van der Waals surface area (Å²) in [4.78, 5) is 21.2. The van der Waals surface area contributed by atoms with Gasteiger partial charge >= 0.3 is 0 Å². The largest absolute Gasteiger partial charge is 0.396 e. The number of piperazine rings is 1. The quantitative estimate of drug-likeness (QED) is 0.899.